The van der Waals surface area contributed by atoms with Gasteiger partial charge >= 0.3 is 0 Å². The standard InChI is InChI=1S/C24H20F4/c1-2-3-4-5-6-17-12-21(25)20(22(26)13-17)10-8-16-7-9-18-14-23(27)24(28)15-19(18)11-16/h7,9,11-15H,2-6H2,1H3. The predicted molar refractivity (Wildman–Crippen MR) is 104 cm³/mol. The van der Waals surface area contributed by atoms with Gasteiger partial charge in [-0.25, -0.2) is 17.6 Å². The van der Waals surface area contributed by atoms with Gasteiger partial charge in [0, 0.05) is 5.56 Å². The third-order valence-corrected chi connectivity index (χ3v) is 4.63. The molecule has 0 spiro atoms. The molecular weight excluding hydrogens is 364 g/mol. The molecule has 0 aromatic heterocycles. The van der Waals surface area contributed by atoms with Crippen LogP contribution in [-0.2, 0) is 6.42 Å². The van der Waals surface area contributed by atoms with Crippen molar-refractivity contribution in [1.82, 2.24) is 0 Å². The Morgan fingerprint density at radius 3 is 2.04 bits per heavy atom. The first kappa shape index (κ1) is 19.9. The van der Waals surface area contributed by atoms with Gasteiger partial charge in [0.05, 0.1) is 5.56 Å². The summed E-state index contributed by atoms with van der Waals surface area (Å²) in [6.45, 7) is 2.11. The van der Waals surface area contributed by atoms with Gasteiger partial charge in [0.15, 0.2) is 11.6 Å². The molecule has 0 radical (unpaired) electrons. The number of unbranched alkanes of at least 4 members (excludes halogenated alkanes) is 3. The highest BCUT2D eigenvalue weighted by molar-refractivity contribution is 5.84. The first-order chi connectivity index (χ1) is 13.5. The Kier molecular flexibility index (Phi) is 6.36. The minimum atomic E-state index is -0.954. The number of hydrogen-bond acceptors (Lipinski definition) is 0. The van der Waals surface area contributed by atoms with Crippen molar-refractivity contribution in [2.45, 2.75) is 39.0 Å². The zero-order chi connectivity index (χ0) is 20.1. The highest BCUT2D eigenvalue weighted by Crippen LogP contribution is 2.20. The van der Waals surface area contributed by atoms with Crippen LogP contribution in [0.5, 0.6) is 0 Å². The summed E-state index contributed by atoms with van der Waals surface area (Å²) in [5.74, 6) is 1.97. The van der Waals surface area contributed by atoms with Gasteiger partial charge in [-0.05, 0) is 65.6 Å². The van der Waals surface area contributed by atoms with Crippen molar-refractivity contribution < 1.29 is 17.6 Å². The van der Waals surface area contributed by atoms with Crippen LogP contribution in [0.3, 0.4) is 0 Å². The average Bonchev–Trinajstić information content (AvgIpc) is 2.65. The third-order valence-electron chi connectivity index (χ3n) is 4.63. The third kappa shape index (κ3) is 4.72. The van der Waals surface area contributed by atoms with E-state index in [1.54, 1.807) is 18.2 Å². The van der Waals surface area contributed by atoms with Gasteiger partial charge in [-0.1, -0.05) is 44.1 Å². The van der Waals surface area contributed by atoms with Crippen LogP contribution < -0.4 is 0 Å². The highest BCUT2D eigenvalue weighted by atomic mass is 19.2. The maximum absolute atomic E-state index is 14.3. The summed E-state index contributed by atoms with van der Waals surface area (Å²) < 4.78 is 55.3. The molecular formula is C24H20F4. The van der Waals surface area contributed by atoms with Gasteiger partial charge in [0.2, 0.25) is 0 Å². The molecule has 0 aliphatic rings. The van der Waals surface area contributed by atoms with Crippen LogP contribution in [0.1, 0.15) is 49.3 Å². The summed E-state index contributed by atoms with van der Waals surface area (Å²) in [5, 5.41) is 0.989. The van der Waals surface area contributed by atoms with Crippen LogP contribution >= 0.6 is 0 Å². The molecule has 3 rings (SSSR count). The molecule has 0 fully saturated rings. The molecule has 0 saturated carbocycles. The van der Waals surface area contributed by atoms with Crippen molar-refractivity contribution in [3.8, 4) is 11.8 Å². The topological polar surface area (TPSA) is 0 Å². The molecule has 3 aromatic rings. The number of aryl methyl sites for hydroxylation is 1. The van der Waals surface area contributed by atoms with E-state index in [9.17, 15) is 17.6 Å². The van der Waals surface area contributed by atoms with Gasteiger partial charge in [-0.2, -0.15) is 0 Å². The van der Waals surface area contributed by atoms with Gasteiger partial charge in [0.25, 0.3) is 0 Å². The van der Waals surface area contributed by atoms with Gasteiger partial charge in [0.1, 0.15) is 11.6 Å². The van der Waals surface area contributed by atoms with E-state index < -0.39 is 23.3 Å². The lowest BCUT2D eigenvalue weighted by molar-refractivity contribution is 0.511. The summed E-state index contributed by atoms with van der Waals surface area (Å²) in [7, 11) is 0. The molecule has 0 aliphatic carbocycles. The van der Waals surface area contributed by atoms with E-state index >= 15 is 0 Å². The average molecular weight is 384 g/mol. The lowest BCUT2D eigenvalue weighted by Crippen LogP contribution is -1.95. The Morgan fingerprint density at radius 1 is 0.679 bits per heavy atom. The van der Waals surface area contributed by atoms with E-state index in [1.165, 1.54) is 12.1 Å². The first-order valence-electron chi connectivity index (χ1n) is 9.36. The second-order valence-electron chi connectivity index (χ2n) is 6.82. The Hall–Kier alpha value is -2.80. The molecule has 144 valence electrons. The van der Waals surface area contributed by atoms with E-state index in [0.717, 1.165) is 37.8 Å². The molecule has 0 saturated heterocycles. The smallest absolute Gasteiger partial charge is 0.159 e. The summed E-state index contributed by atoms with van der Waals surface area (Å²) in [6.07, 6.45) is 4.78. The van der Waals surface area contributed by atoms with Crippen LogP contribution in [0.15, 0.2) is 42.5 Å². The number of halogens is 4. The van der Waals surface area contributed by atoms with Crippen LogP contribution in [0.25, 0.3) is 10.8 Å². The molecule has 0 unspecified atom stereocenters. The second-order valence-corrected chi connectivity index (χ2v) is 6.82. The molecule has 0 heterocycles. The van der Waals surface area contributed by atoms with Crippen molar-refractivity contribution in [2.24, 2.45) is 0 Å². The van der Waals surface area contributed by atoms with Crippen molar-refractivity contribution >= 4 is 10.8 Å². The molecule has 0 atom stereocenters. The minimum absolute atomic E-state index is 0.289. The Morgan fingerprint density at radius 2 is 1.36 bits per heavy atom. The minimum Gasteiger partial charge on any atom is -0.206 e. The summed E-state index contributed by atoms with van der Waals surface area (Å²) >= 11 is 0. The Balaban J connectivity index is 1.83. The molecule has 0 N–H and O–H groups in total. The number of rotatable bonds is 5. The van der Waals surface area contributed by atoms with E-state index in [0.29, 0.717) is 28.3 Å². The maximum Gasteiger partial charge on any atom is 0.159 e. The zero-order valence-electron chi connectivity index (χ0n) is 15.6. The van der Waals surface area contributed by atoms with E-state index in [2.05, 4.69) is 18.8 Å². The van der Waals surface area contributed by atoms with Crippen molar-refractivity contribution in [2.75, 3.05) is 0 Å². The molecule has 0 bridgehead atoms. The normalized spacial score (nSPS) is 10.8. The van der Waals surface area contributed by atoms with Crippen molar-refractivity contribution in [1.29, 1.82) is 0 Å². The summed E-state index contributed by atoms with van der Waals surface area (Å²) in [5.41, 5.74) is 0.795. The fraction of sp³-hybridized carbons (Fsp3) is 0.250. The SMILES string of the molecule is CCCCCCc1cc(F)c(C#Cc2ccc3cc(F)c(F)cc3c2)c(F)c1. The maximum atomic E-state index is 14.3. The molecule has 28 heavy (non-hydrogen) atoms. The van der Waals surface area contributed by atoms with Gasteiger partial charge < -0.3 is 0 Å². The molecule has 4 heteroatoms. The zero-order valence-corrected chi connectivity index (χ0v) is 15.6. The fourth-order valence-electron chi connectivity index (χ4n) is 3.10. The van der Waals surface area contributed by atoms with Crippen LogP contribution in [0.2, 0.25) is 0 Å². The number of benzene rings is 3. The van der Waals surface area contributed by atoms with Crippen molar-refractivity contribution in [3.05, 3.63) is 82.4 Å². The Labute approximate surface area is 162 Å². The van der Waals surface area contributed by atoms with Gasteiger partial charge in [-0.3, -0.25) is 0 Å². The molecule has 0 amide bonds. The lowest BCUT2D eigenvalue weighted by atomic mass is 10.0. The van der Waals surface area contributed by atoms with E-state index in [-0.39, 0.29) is 5.56 Å². The van der Waals surface area contributed by atoms with Gasteiger partial charge in [-0.15, -0.1) is 0 Å². The second kappa shape index (κ2) is 8.93. The van der Waals surface area contributed by atoms with E-state index in [1.807, 2.05) is 0 Å². The summed E-state index contributed by atoms with van der Waals surface area (Å²) in [4.78, 5) is 0. The molecule has 3 aromatic carbocycles. The highest BCUT2D eigenvalue weighted by Gasteiger charge is 2.09. The van der Waals surface area contributed by atoms with Crippen LogP contribution in [0.4, 0.5) is 17.6 Å². The number of hydrogen-bond donors (Lipinski definition) is 0. The van der Waals surface area contributed by atoms with E-state index in [4.69, 9.17) is 0 Å². The molecule has 0 aliphatic heterocycles. The lowest BCUT2D eigenvalue weighted by Gasteiger charge is -2.04. The monoisotopic (exact) mass is 384 g/mol. The summed E-state index contributed by atoms with van der Waals surface area (Å²) in [6, 6.07) is 9.58. The van der Waals surface area contributed by atoms with Crippen LogP contribution in [-0.4, -0.2) is 0 Å². The van der Waals surface area contributed by atoms with Crippen molar-refractivity contribution in [3.63, 3.8) is 0 Å². The quantitative estimate of drug-likeness (QED) is 0.254. The number of fused-ring (bicyclic) bond motifs is 1. The Bertz CT molecular complexity index is 1030. The van der Waals surface area contributed by atoms with Crippen LogP contribution in [0, 0.1) is 35.1 Å². The largest absolute Gasteiger partial charge is 0.206 e. The predicted octanol–water partition coefficient (Wildman–Crippen LogP) is 6.92. The first-order valence-corrected chi connectivity index (χ1v) is 9.36. The fourth-order valence-corrected chi connectivity index (χ4v) is 3.10. The molecule has 0 nitrogen and oxygen atoms in total.